The second kappa shape index (κ2) is 5.73. The van der Waals surface area contributed by atoms with E-state index < -0.39 is 0 Å². The van der Waals surface area contributed by atoms with Crippen LogP contribution in [-0.2, 0) is 13.5 Å². The number of nitrogens with zero attached hydrogens (tertiary/aromatic N) is 3. The average molecular weight is 346 g/mol. The fourth-order valence-corrected chi connectivity index (χ4v) is 2.66. The number of aryl methyl sites for hydroxylation is 1. The Hall–Kier alpha value is -2.08. The third-order valence-corrected chi connectivity index (χ3v) is 3.90. The number of aromatic nitrogens is 3. The first-order valence-corrected chi connectivity index (χ1v) is 7.49. The van der Waals surface area contributed by atoms with Gasteiger partial charge in [0.2, 0.25) is 0 Å². The lowest BCUT2D eigenvalue weighted by Gasteiger charge is -2.11. The summed E-state index contributed by atoms with van der Waals surface area (Å²) in [5.41, 5.74) is 9.83. The Morgan fingerprint density at radius 2 is 2.19 bits per heavy atom. The molecule has 0 spiro atoms. The third-order valence-electron chi connectivity index (χ3n) is 3.47. The van der Waals surface area contributed by atoms with Crippen LogP contribution in [0.2, 0.25) is 0 Å². The first kappa shape index (κ1) is 13.9. The first-order chi connectivity index (χ1) is 10.1. The van der Waals surface area contributed by atoms with Crippen LogP contribution in [-0.4, -0.2) is 21.3 Å². The summed E-state index contributed by atoms with van der Waals surface area (Å²) >= 11 is 3.43. The molecular formula is C15H16BrN5. The molecule has 108 valence electrons. The van der Waals surface area contributed by atoms with Crippen molar-refractivity contribution in [3.05, 3.63) is 46.8 Å². The number of benzene rings is 1. The van der Waals surface area contributed by atoms with Crippen molar-refractivity contribution in [3.63, 3.8) is 0 Å². The lowest BCUT2D eigenvalue weighted by Crippen LogP contribution is -2.09. The Balaban J connectivity index is 1.81. The van der Waals surface area contributed by atoms with Crippen LogP contribution >= 0.6 is 15.9 Å². The van der Waals surface area contributed by atoms with Crippen LogP contribution in [0.3, 0.4) is 0 Å². The molecule has 0 aliphatic carbocycles. The molecule has 21 heavy (non-hydrogen) atoms. The largest absolute Gasteiger partial charge is 0.398 e. The van der Waals surface area contributed by atoms with Crippen LogP contribution in [0, 0.1) is 0 Å². The molecule has 3 aromatic rings. The van der Waals surface area contributed by atoms with Gasteiger partial charge in [-0.05, 0) is 40.2 Å². The molecular weight excluding hydrogens is 330 g/mol. The van der Waals surface area contributed by atoms with E-state index in [0.717, 1.165) is 39.7 Å². The zero-order chi connectivity index (χ0) is 14.8. The maximum atomic E-state index is 6.02. The van der Waals surface area contributed by atoms with Crippen LogP contribution in [0.15, 0.2) is 41.1 Å². The fourth-order valence-electron chi connectivity index (χ4n) is 2.33. The van der Waals surface area contributed by atoms with Crippen molar-refractivity contribution < 1.29 is 0 Å². The molecule has 6 heteroatoms. The van der Waals surface area contributed by atoms with Gasteiger partial charge >= 0.3 is 0 Å². The van der Waals surface area contributed by atoms with Crippen LogP contribution in [0.5, 0.6) is 0 Å². The number of pyridine rings is 1. The molecule has 5 nitrogen and oxygen atoms in total. The summed E-state index contributed by atoms with van der Waals surface area (Å²) in [5.74, 6) is 0. The predicted molar refractivity (Wildman–Crippen MR) is 89.3 cm³/mol. The number of nitrogens with two attached hydrogens (primary N) is 1. The smallest absolute Gasteiger partial charge is 0.0954 e. The summed E-state index contributed by atoms with van der Waals surface area (Å²) in [6.07, 6.45) is 4.50. The van der Waals surface area contributed by atoms with Crippen LogP contribution < -0.4 is 11.1 Å². The van der Waals surface area contributed by atoms with E-state index in [-0.39, 0.29) is 0 Å². The van der Waals surface area contributed by atoms with E-state index in [1.165, 1.54) is 5.69 Å². The Kier molecular flexibility index (Phi) is 3.79. The predicted octanol–water partition coefficient (Wildman–Crippen LogP) is 2.97. The van der Waals surface area contributed by atoms with Crippen LogP contribution in [0.25, 0.3) is 10.9 Å². The zero-order valence-corrected chi connectivity index (χ0v) is 13.3. The number of anilines is 2. The molecule has 2 heterocycles. The highest BCUT2D eigenvalue weighted by atomic mass is 79.9. The van der Waals surface area contributed by atoms with Crippen molar-refractivity contribution in [2.45, 2.75) is 6.42 Å². The highest BCUT2D eigenvalue weighted by Crippen LogP contribution is 2.28. The van der Waals surface area contributed by atoms with E-state index in [0.29, 0.717) is 0 Å². The number of hydrogen-bond acceptors (Lipinski definition) is 4. The summed E-state index contributed by atoms with van der Waals surface area (Å²) in [6.45, 7) is 0.816. The van der Waals surface area contributed by atoms with E-state index in [1.807, 2.05) is 42.2 Å². The lowest BCUT2D eigenvalue weighted by atomic mass is 10.1. The molecule has 0 amide bonds. The second-order valence-electron chi connectivity index (χ2n) is 4.87. The molecule has 0 aliphatic heterocycles. The van der Waals surface area contributed by atoms with Gasteiger partial charge in [-0.15, -0.1) is 0 Å². The van der Waals surface area contributed by atoms with Gasteiger partial charge in [-0.2, -0.15) is 5.10 Å². The maximum absolute atomic E-state index is 6.02. The minimum atomic E-state index is 0.732. The highest BCUT2D eigenvalue weighted by molar-refractivity contribution is 9.10. The van der Waals surface area contributed by atoms with Crippen molar-refractivity contribution in [2.24, 2.45) is 7.05 Å². The van der Waals surface area contributed by atoms with Crippen molar-refractivity contribution >= 4 is 38.2 Å². The molecule has 0 saturated heterocycles. The van der Waals surface area contributed by atoms with Crippen LogP contribution in [0.1, 0.15) is 5.69 Å². The maximum Gasteiger partial charge on any atom is 0.0954 e. The molecule has 0 atom stereocenters. The van der Waals surface area contributed by atoms with E-state index >= 15 is 0 Å². The summed E-state index contributed by atoms with van der Waals surface area (Å²) in [4.78, 5) is 4.47. The van der Waals surface area contributed by atoms with Gasteiger partial charge in [0.15, 0.2) is 0 Å². The molecule has 2 aromatic heterocycles. The topological polar surface area (TPSA) is 68.8 Å². The Morgan fingerprint density at radius 3 is 2.95 bits per heavy atom. The Labute approximate surface area is 131 Å². The van der Waals surface area contributed by atoms with Gasteiger partial charge in [0.25, 0.3) is 0 Å². The van der Waals surface area contributed by atoms with Gasteiger partial charge in [-0.3, -0.25) is 9.67 Å². The summed E-state index contributed by atoms with van der Waals surface area (Å²) in [7, 11) is 1.95. The van der Waals surface area contributed by atoms with Gasteiger partial charge in [0.1, 0.15) is 0 Å². The number of rotatable bonds is 4. The van der Waals surface area contributed by atoms with E-state index in [2.05, 4.69) is 31.3 Å². The molecule has 1 aromatic carbocycles. The Bertz CT molecular complexity index is 781. The zero-order valence-electron chi connectivity index (χ0n) is 11.7. The second-order valence-corrected chi connectivity index (χ2v) is 5.79. The number of fused-ring (bicyclic) bond motifs is 1. The van der Waals surface area contributed by atoms with Gasteiger partial charge < -0.3 is 11.1 Å². The van der Waals surface area contributed by atoms with Gasteiger partial charge in [-0.25, -0.2) is 0 Å². The normalized spacial score (nSPS) is 11.0. The van der Waals surface area contributed by atoms with E-state index in [4.69, 9.17) is 5.73 Å². The van der Waals surface area contributed by atoms with E-state index in [9.17, 15) is 0 Å². The SMILES string of the molecule is Cn1nccc1CCNc1ccc(N)c2cc(Br)cnc12. The summed E-state index contributed by atoms with van der Waals surface area (Å²) < 4.78 is 2.81. The molecule has 0 fully saturated rings. The molecule has 0 radical (unpaired) electrons. The van der Waals surface area contributed by atoms with Crippen molar-refractivity contribution in [1.29, 1.82) is 0 Å². The van der Waals surface area contributed by atoms with Crippen LogP contribution in [0.4, 0.5) is 11.4 Å². The molecule has 3 N–H and O–H groups in total. The molecule has 0 bridgehead atoms. The van der Waals surface area contributed by atoms with Gasteiger partial charge in [-0.1, -0.05) is 0 Å². The molecule has 0 aliphatic rings. The number of halogens is 1. The lowest BCUT2D eigenvalue weighted by molar-refractivity contribution is 0.711. The molecule has 0 saturated carbocycles. The number of nitrogen functional groups attached to an aromatic ring is 1. The summed E-state index contributed by atoms with van der Waals surface area (Å²) in [6, 6.07) is 7.90. The molecule has 3 rings (SSSR count). The average Bonchev–Trinajstić information content (AvgIpc) is 2.87. The standard InChI is InChI=1S/C15H16BrN5/c1-21-11(5-7-20-21)4-6-18-14-3-2-13(17)12-8-10(16)9-19-15(12)14/h2-3,5,7-9,18H,4,6,17H2,1H3. The third kappa shape index (κ3) is 2.85. The Morgan fingerprint density at radius 1 is 1.33 bits per heavy atom. The van der Waals surface area contributed by atoms with Crippen molar-refractivity contribution in [3.8, 4) is 0 Å². The fraction of sp³-hybridized carbons (Fsp3) is 0.200. The highest BCUT2D eigenvalue weighted by Gasteiger charge is 2.06. The quantitative estimate of drug-likeness (QED) is 0.713. The van der Waals surface area contributed by atoms with Crippen molar-refractivity contribution in [1.82, 2.24) is 14.8 Å². The van der Waals surface area contributed by atoms with Gasteiger partial charge in [0, 0.05) is 53.6 Å². The molecule has 0 unspecified atom stereocenters. The number of hydrogen-bond donors (Lipinski definition) is 2. The monoisotopic (exact) mass is 345 g/mol. The summed E-state index contributed by atoms with van der Waals surface area (Å²) in [5, 5.41) is 8.55. The van der Waals surface area contributed by atoms with Gasteiger partial charge in [0.05, 0.1) is 11.2 Å². The minimum absolute atomic E-state index is 0.732. The first-order valence-electron chi connectivity index (χ1n) is 6.69. The van der Waals surface area contributed by atoms with Crippen molar-refractivity contribution in [2.75, 3.05) is 17.6 Å². The van der Waals surface area contributed by atoms with E-state index in [1.54, 1.807) is 6.20 Å². The minimum Gasteiger partial charge on any atom is -0.398 e. The number of nitrogens with one attached hydrogen (secondary N) is 1.